The molecule has 0 saturated carbocycles. The summed E-state index contributed by atoms with van der Waals surface area (Å²) >= 11 is 0. The van der Waals surface area contributed by atoms with Crippen molar-refractivity contribution in [3.8, 4) is 5.75 Å². The number of nitrogens with zero attached hydrogens (tertiary/aromatic N) is 1. The van der Waals surface area contributed by atoms with Crippen LogP contribution in [0, 0.1) is 6.92 Å². The molecule has 0 amide bonds. The number of hydrogen-bond acceptors (Lipinski definition) is 3. The average Bonchev–Trinajstić information content (AvgIpc) is 2.67. The summed E-state index contributed by atoms with van der Waals surface area (Å²) in [5.41, 5.74) is 8.76. The van der Waals surface area contributed by atoms with Crippen molar-refractivity contribution in [2.24, 2.45) is 0 Å². The Balaban J connectivity index is 2.45. The summed E-state index contributed by atoms with van der Waals surface area (Å²) in [6, 6.07) is 7.85. The second kappa shape index (κ2) is 3.38. The van der Waals surface area contributed by atoms with Gasteiger partial charge in [0, 0.05) is 16.8 Å². The molecule has 3 rings (SSSR count). The van der Waals surface area contributed by atoms with Crippen LogP contribution in [0.4, 0.5) is 5.82 Å². The molecule has 0 fully saturated rings. The van der Waals surface area contributed by atoms with Gasteiger partial charge in [-0.25, -0.2) is 4.98 Å². The summed E-state index contributed by atoms with van der Waals surface area (Å²) in [7, 11) is 1.66. The molecule has 0 radical (unpaired) electrons. The molecule has 0 aliphatic carbocycles. The molecule has 2 heterocycles. The Morgan fingerprint density at radius 1 is 1.24 bits per heavy atom. The average molecular weight is 227 g/mol. The Bertz CT molecular complexity index is 715. The molecule has 0 saturated heterocycles. The summed E-state index contributed by atoms with van der Waals surface area (Å²) in [6.07, 6.45) is 0. The number of aromatic nitrogens is 2. The minimum atomic E-state index is 0.548. The van der Waals surface area contributed by atoms with Gasteiger partial charge in [-0.15, -0.1) is 0 Å². The van der Waals surface area contributed by atoms with Gasteiger partial charge in [0.25, 0.3) is 0 Å². The molecule has 1 aromatic carbocycles. The van der Waals surface area contributed by atoms with E-state index in [-0.39, 0.29) is 0 Å². The second-order valence-corrected chi connectivity index (χ2v) is 4.09. The lowest BCUT2D eigenvalue weighted by Crippen LogP contribution is -1.92. The van der Waals surface area contributed by atoms with Crippen LogP contribution in [0.25, 0.3) is 21.8 Å². The number of ether oxygens (including phenoxy) is 1. The Labute approximate surface area is 98.4 Å². The highest BCUT2D eigenvalue weighted by molar-refractivity contribution is 6.08. The maximum absolute atomic E-state index is 5.78. The zero-order valence-electron chi connectivity index (χ0n) is 9.74. The summed E-state index contributed by atoms with van der Waals surface area (Å²) in [6.45, 7) is 1.95. The highest BCUT2D eigenvalue weighted by Gasteiger charge is 2.08. The molecule has 4 nitrogen and oxygen atoms in total. The first-order valence-electron chi connectivity index (χ1n) is 5.41. The predicted octanol–water partition coefficient (Wildman–Crippen LogP) is 2.62. The fraction of sp³-hybridized carbons (Fsp3) is 0.154. The van der Waals surface area contributed by atoms with E-state index in [0.29, 0.717) is 5.82 Å². The maximum Gasteiger partial charge on any atom is 0.124 e. The predicted molar refractivity (Wildman–Crippen MR) is 69.3 cm³/mol. The number of benzene rings is 1. The fourth-order valence-corrected chi connectivity index (χ4v) is 2.19. The van der Waals surface area contributed by atoms with Gasteiger partial charge in [0.1, 0.15) is 11.6 Å². The van der Waals surface area contributed by atoms with Gasteiger partial charge in [-0.05, 0) is 25.1 Å². The van der Waals surface area contributed by atoms with E-state index in [1.54, 1.807) is 7.11 Å². The number of anilines is 1. The topological polar surface area (TPSA) is 63.9 Å². The van der Waals surface area contributed by atoms with E-state index in [0.717, 1.165) is 33.2 Å². The van der Waals surface area contributed by atoms with Crippen LogP contribution >= 0.6 is 0 Å². The third-order valence-electron chi connectivity index (χ3n) is 3.00. The molecule has 0 atom stereocenters. The third kappa shape index (κ3) is 1.41. The zero-order chi connectivity index (χ0) is 12.0. The number of fused-ring (bicyclic) bond motifs is 3. The van der Waals surface area contributed by atoms with Gasteiger partial charge in [0.2, 0.25) is 0 Å². The molecule has 86 valence electrons. The second-order valence-electron chi connectivity index (χ2n) is 4.09. The molecule has 4 heteroatoms. The number of nitrogens with one attached hydrogen (secondary N) is 1. The van der Waals surface area contributed by atoms with E-state index in [4.69, 9.17) is 10.5 Å². The molecular weight excluding hydrogens is 214 g/mol. The van der Waals surface area contributed by atoms with Gasteiger partial charge in [-0.3, -0.25) is 0 Å². The van der Waals surface area contributed by atoms with E-state index >= 15 is 0 Å². The van der Waals surface area contributed by atoms with Crippen LogP contribution in [0.1, 0.15) is 5.69 Å². The van der Waals surface area contributed by atoms with Crippen LogP contribution in [0.15, 0.2) is 24.3 Å². The number of pyridine rings is 1. The van der Waals surface area contributed by atoms with Crippen LogP contribution in [-0.4, -0.2) is 17.1 Å². The van der Waals surface area contributed by atoms with Crippen molar-refractivity contribution < 1.29 is 4.74 Å². The summed E-state index contributed by atoms with van der Waals surface area (Å²) < 4.78 is 5.21. The molecular formula is C13H13N3O. The van der Waals surface area contributed by atoms with Crippen molar-refractivity contribution in [2.75, 3.05) is 12.8 Å². The zero-order valence-corrected chi connectivity index (χ0v) is 9.74. The smallest absolute Gasteiger partial charge is 0.124 e. The van der Waals surface area contributed by atoms with Crippen LogP contribution in [-0.2, 0) is 0 Å². The van der Waals surface area contributed by atoms with Gasteiger partial charge in [-0.2, -0.15) is 0 Å². The van der Waals surface area contributed by atoms with Gasteiger partial charge < -0.3 is 15.5 Å². The number of H-pyrrole nitrogens is 1. The van der Waals surface area contributed by atoms with Crippen molar-refractivity contribution in [1.29, 1.82) is 0 Å². The van der Waals surface area contributed by atoms with Crippen LogP contribution in [0.5, 0.6) is 5.75 Å². The van der Waals surface area contributed by atoms with E-state index < -0.39 is 0 Å². The lowest BCUT2D eigenvalue weighted by Gasteiger charge is -1.99. The molecule has 0 unspecified atom stereocenters. The SMILES string of the molecule is COc1ccc2c(c1)[nH]c1c(C)nc(N)cc12. The number of nitrogens with two attached hydrogens (primary N) is 1. The molecule has 17 heavy (non-hydrogen) atoms. The minimum Gasteiger partial charge on any atom is -0.497 e. The van der Waals surface area contributed by atoms with Crippen LogP contribution in [0.3, 0.4) is 0 Å². The van der Waals surface area contributed by atoms with Gasteiger partial charge in [0.05, 0.1) is 23.8 Å². The molecule has 2 aromatic heterocycles. The highest BCUT2D eigenvalue weighted by Crippen LogP contribution is 2.30. The molecule has 0 aliphatic rings. The fourth-order valence-electron chi connectivity index (χ4n) is 2.19. The number of nitrogen functional groups attached to an aromatic ring is 1. The summed E-state index contributed by atoms with van der Waals surface area (Å²) in [5.74, 6) is 1.38. The van der Waals surface area contributed by atoms with E-state index in [1.165, 1.54) is 0 Å². The van der Waals surface area contributed by atoms with Gasteiger partial charge >= 0.3 is 0 Å². The van der Waals surface area contributed by atoms with Gasteiger partial charge in [-0.1, -0.05) is 0 Å². The number of hydrogen-bond donors (Lipinski definition) is 2. The largest absolute Gasteiger partial charge is 0.497 e. The molecule has 3 N–H and O–H groups in total. The number of methoxy groups -OCH3 is 1. The van der Waals surface area contributed by atoms with Crippen molar-refractivity contribution in [3.63, 3.8) is 0 Å². The van der Waals surface area contributed by atoms with Crippen LogP contribution in [0.2, 0.25) is 0 Å². The first kappa shape index (κ1) is 9.96. The Kier molecular flexibility index (Phi) is 1.98. The van der Waals surface area contributed by atoms with Gasteiger partial charge in [0.15, 0.2) is 0 Å². The van der Waals surface area contributed by atoms with Crippen molar-refractivity contribution in [1.82, 2.24) is 9.97 Å². The highest BCUT2D eigenvalue weighted by atomic mass is 16.5. The number of aryl methyl sites for hydroxylation is 1. The molecule has 0 aliphatic heterocycles. The van der Waals surface area contributed by atoms with E-state index in [2.05, 4.69) is 9.97 Å². The lowest BCUT2D eigenvalue weighted by atomic mass is 10.1. The van der Waals surface area contributed by atoms with Crippen molar-refractivity contribution >= 4 is 27.6 Å². The van der Waals surface area contributed by atoms with E-state index in [1.807, 2.05) is 31.2 Å². The molecule has 3 aromatic rings. The first-order chi connectivity index (χ1) is 8.19. The van der Waals surface area contributed by atoms with E-state index in [9.17, 15) is 0 Å². The molecule has 0 spiro atoms. The summed E-state index contributed by atoms with van der Waals surface area (Å²) in [4.78, 5) is 7.61. The Morgan fingerprint density at radius 3 is 2.82 bits per heavy atom. The Morgan fingerprint density at radius 2 is 2.06 bits per heavy atom. The lowest BCUT2D eigenvalue weighted by molar-refractivity contribution is 0.415. The monoisotopic (exact) mass is 227 g/mol. The summed E-state index contributed by atoms with van der Waals surface area (Å²) in [5, 5.41) is 2.24. The third-order valence-corrected chi connectivity index (χ3v) is 3.00. The van der Waals surface area contributed by atoms with Crippen LogP contribution < -0.4 is 10.5 Å². The first-order valence-corrected chi connectivity index (χ1v) is 5.41. The normalized spacial score (nSPS) is 11.2. The number of aromatic amines is 1. The molecule has 0 bridgehead atoms. The Hall–Kier alpha value is -2.23. The van der Waals surface area contributed by atoms with Crippen molar-refractivity contribution in [2.45, 2.75) is 6.92 Å². The standard InChI is InChI=1S/C13H13N3O/c1-7-13-10(6-12(14)15-7)9-4-3-8(17-2)5-11(9)16-13/h3-6,16H,1-2H3,(H2,14,15). The number of rotatable bonds is 1. The van der Waals surface area contributed by atoms with Crippen molar-refractivity contribution in [3.05, 3.63) is 30.0 Å². The minimum absolute atomic E-state index is 0.548. The maximum atomic E-state index is 5.78. The quantitative estimate of drug-likeness (QED) is 0.671.